The average Bonchev–Trinajstić information content (AvgIpc) is 2.28. The van der Waals surface area contributed by atoms with Gasteiger partial charge >= 0.3 is 0 Å². The zero-order chi connectivity index (χ0) is 12.4. The number of benzene rings is 2. The molecule has 0 atom stereocenters. The van der Waals surface area contributed by atoms with E-state index in [-0.39, 0.29) is 8.46 Å². The van der Waals surface area contributed by atoms with Gasteiger partial charge in [-0.15, -0.1) is 0 Å². The number of rotatable bonds is 2. The summed E-state index contributed by atoms with van der Waals surface area (Å²) in [4.78, 5) is 0. The highest BCUT2D eigenvalue weighted by atomic mass is 31.1. The minimum Gasteiger partial charge on any atom is -0.269 e. The number of hydrogen-bond acceptors (Lipinski definition) is 1. The van der Waals surface area contributed by atoms with Gasteiger partial charge in [0.1, 0.15) is 0 Å². The van der Waals surface area contributed by atoms with Crippen LogP contribution in [-0.2, 0) is 4.57 Å². The fourth-order valence-corrected chi connectivity index (χ4v) is 2.80. The van der Waals surface area contributed by atoms with Crippen LogP contribution >= 0.6 is 8.46 Å². The monoisotopic (exact) mass is 242 g/mol. The van der Waals surface area contributed by atoms with E-state index >= 15 is 0 Å². The van der Waals surface area contributed by atoms with E-state index < -0.39 is 0 Å². The van der Waals surface area contributed by atoms with Gasteiger partial charge in [0.2, 0.25) is 0 Å². The van der Waals surface area contributed by atoms with Crippen LogP contribution in [0, 0.1) is 20.8 Å². The zero-order valence-electron chi connectivity index (χ0n) is 10.3. The summed E-state index contributed by atoms with van der Waals surface area (Å²) in [5.41, 5.74) is 6.01. The summed E-state index contributed by atoms with van der Waals surface area (Å²) >= 11 is 0. The SMILES string of the molecule is Cc1cc(C)c(-c2ccccc2P=O)c(C)c1. The Morgan fingerprint density at radius 2 is 1.53 bits per heavy atom. The highest BCUT2D eigenvalue weighted by Crippen LogP contribution is 2.28. The second-order valence-electron chi connectivity index (χ2n) is 4.38. The molecule has 1 nitrogen and oxygen atoms in total. The van der Waals surface area contributed by atoms with Crippen molar-refractivity contribution < 1.29 is 4.57 Å². The fraction of sp³-hybridized carbons (Fsp3) is 0.200. The number of aryl methyl sites for hydroxylation is 3. The Morgan fingerprint density at radius 1 is 0.941 bits per heavy atom. The highest BCUT2D eigenvalue weighted by molar-refractivity contribution is 7.34. The molecule has 0 aliphatic rings. The Bertz CT molecular complexity index is 550. The van der Waals surface area contributed by atoms with E-state index in [4.69, 9.17) is 0 Å². The maximum absolute atomic E-state index is 11.2. The van der Waals surface area contributed by atoms with Crippen LogP contribution in [-0.4, -0.2) is 0 Å². The molecule has 2 aromatic carbocycles. The Balaban J connectivity index is 2.72. The van der Waals surface area contributed by atoms with Crippen molar-refractivity contribution in [1.82, 2.24) is 0 Å². The predicted molar refractivity (Wildman–Crippen MR) is 73.3 cm³/mol. The largest absolute Gasteiger partial charge is 0.269 e. The van der Waals surface area contributed by atoms with E-state index in [1.165, 1.54) is 22.3 Å². The minimum absolute atomic E-state index is 0.0781. The van der Waals surface area contributed by atoms with Crippen molar-refractivity contribution in [2.45, 2.75) is 20.8 Å². The normalized spacial score (nSPS) is 10.8. The maximum atomic E-state index is 11.2. The topological polar surface area (TPSA) is 17.1 Å². The first-order valence-corrected chi connectivity index (χ1v) is 6.45. The molecule has 0 aliphatic heterocycles. The van der Waals surface area contributed by atoms with Crippen molar-refractivity contribution in [1.29, 1.82) is 0 Å². The van der Waals surface area contributed by atoms with Gasteiger partial charge in [-0.1, -0.05) is 35.9 Å². The van der Waals surface area contributed by atoms with Gasteiger partial charge < -0.3 is 0 Å². The maximum Gasteiger partial charge on any atom is 0.192 e. The first kappa shape index (κ1) is 12.0. The van der Waals surface area contributed by atoms with Crippen LogP contribution in [0.3, 0.4) is 0 Å². The lowest BCUT2D eigenvalue weighted by Crippen LogP contribution is -2.00. The second kappa shape index (κ2) is 4.81. The summed E-state index contributed by atoms with van der Waals surface area (Å²) in [6.45, 7) is 6.31. The van der Waals surface area contributed by atoms with Gasteiger partial charge in [-0.25, -0.2) is 0 Å². The summed E-state index contributed by atoms with van der Waals surface area (Å²) in [5.74, 6) is 0. The van der Waals surface area contributed by atoms with Crippen LogP contribution in [0.1, 0.15) is 16.7 Å². The molecule has 0 heterocycles. The molecule has 0 aromatic heterocycles. The Morgan fingerprint density at radius 3 is 2.12 bits per heavy atom. The Hall–Kier alpha value is -1.46. The molecule has 2 rings (SSSR count). The van der Waals surface area contributed by atoms with Gasteiger partial charge in [0.25, 0.3) is 0 Å². The lowest BCUT2D eigenvalue weighted by molar-refractivity contribution is 0.603. The molecule has 0 amide bonds. The Kier molecular flexibility index (Phi) is 3.40. The van der Waals surface area contributed by atoms with E-state index in [1.54, 1.807) is 0 Å². The summed E-state index contributed by atoms with van der Waals surface area (Å²) in [6.07, 6.45) is 0. The molecule has 86 valence electrons. The molecule has 0 aliphatic carbocycles. The van der Waals surface area contributed by atoms with Crippen LogP contribution in [0.5, 0.6) is 0 Å². The van der Waals surface area contributed by atoms with E-state index in [1.807, 2.05) is 24.3 Å². The number of hydrogen-bond donors (Lipinski definition) is 0. The summed E-state index contributed by atoms with van der Waals surface area (Å²) in [6, 6.07) is 12.2. The molecular weight excluding hydrogens is 227 g/mol. The van der Waals surface area contributed by atoms with Gasteiger partial charge in [-0.05, 0) is 49.1 Å². The molecule has 17 heavy (non-hydrogen) atoms. The first-order chi connectivity index (χ1) is 8.13. The van der Waals surface area contributed by atoms with Crippen molar-refractivity contribution in [2.24, 2.45) is 0 Å². The second-order valence-corrected chi connectivity index (χ2v) is 5.05. The van der Waals surface area contributed by atoms with Crippen molar-refractivity contribution in [3.05, 3.63) is 53.1 Å². The third-order valence-corrected chi connectivity index (χ3v) is 3.54. The molecule has 2 heteroatoms. The van der Waals surface area contributed by atoms with E-state index in [0.717, 1.165) is 10.9 Å². The molecule has 0 radical (unpaired) electrons. The minimum atomic E-state index is 0.0781. The smallest absolute Gasteiger partial charge is 0.192 e. The van der Waals surface area contributed by atoms with Crippen LogP contribution in [0.2, 0.25) is 0 Å². The molecule has 2 aromatic rings. The summed E-state index contributed by atoms with van der Waals surface area (Å²) in [5, 5.41) is 0.850. The van der Waals surface area contributed by atoms with Gasteiger partial charge in [0, 0.05) is 0 Å². The van der Waals surface area contributed by atoms with Crippen molar-refractivity contribution in [3.8, 4) is 11.1 Å². The fourth-order valence-electron chi connectivity index (χ4n) is 2.37. The molecule has 0 spiro atoms. The predicted octanol–water partition coefficient (Wildman–Crippen LogP) is 4.20. The van der Waals surface area contributed by atoms with Crippen molar-refractivity contribution in [3.63, 3.8) is 0 Å². The van der Waals surface area contributed by atoms with Crippen molar-refractivity contribution in [2.75, 3.05) is 0 Å². The highest BCUT2D eigenvalue weighted by Gasteiger charge is 2.10. The molecule has 0 N–H and O–H groups in total. The quantitative estimate of drug-likeness (QED) is 0.721. The van der Waals surface area contributed by atoms with Gasteiger partial charge in [0.15, 0.2) is 8.46 Å². The van der Waals surface area contributed by atoms with Crippen LogP contribution in [0.15, 0.2) is 36.4 Å². The molecule has 0 unspecified atom stereocenters. The lowest BCUT2D eigenvalue weighted by Gasteiger charge is -2.12. The van der Waals surface area contributed by atoms with Crippen LogP contribution in [0.25, 0.3) is 11.1 Å². The standard InChI is InChI=1S/C15H15OP/c1-10-8-11(2)15(12(3)9-10)13-6-4-5-7-14(13)17-16/h4-9H,1-3H3. The Labute approximate surface area is 104 Å². The molecule has 0 saturated carbocycles. The van der Waals surface area contributed by atoms with Crippen LogP contribution in [0.4, 0.5) is 0 Å². The van der Waals surface area contributed by atoms with Gasteiger partial charge in [-0.3, -0.25) is 4.57 Å². The van der Waals surface area contributed by atoms with Gasteiger partial charge in [-0.2, -0.15) is 0 Å². The molecule has 0 bridgehead atoms. The van der Waals surface area contributed by atoms with Crippen molar-refractivity contribution >= 4 is 13.8 Å². The first-order valence-electron chi connectivity index (χ1n) is 5.64. The molecule has 0 fully saturated rings. The zero-order valence-corrected chi connectivity index (χ0v) is 11.2. The molecule has 0 saturated heterocycles. The summed E-state index contributed by atoms with van der Waals surface area (Å²) in [7, 11) is 0.0781. The third kappa shape index (κ3) is 2.30. The van der Waals surface area contributed by atoms with Crippen LogP contribution < -0.4 is 5.30 Å². The third-order valence-electron chi connectivity index (χ3n) is 2.95. The molecular formula is C15H15OP. The summed E-state index contributed by atoms with van der Waals surface area (Å²) < 4.78 is 11.2. The van der Waals surface area contributed by atoms with E-state index in [9.17, 15) is 4.57 Å². The lowest BCUT2D eigenvalue weighted by atomic mass is 9.94. The van der Waals surface area contributed by atoms with Gasteiger partial charge in [0.05, 0.1) is 5.30 Å². The van der Waals surface area contributed by atoms with E-state index in [0.29, 0.717) is 0 Å². The average molecular weight is 242 g/mol. The van der Waals surface area contributed by atoms with E-state index in [2.05, 4.69) is 32.9 Å².